The largest absolute Gasteiger partial charge is 0.304 e. The minimum atomic E-state index is 0. The second kappa shape index (κ2) is 11.0. The van der Waals surface area contributed by atoms with Gasteiger partial charge >= 0.3 is 0 Å². The van der Waals surface area contributed by atoms with Gasteiger partial charge in [-0.05, 0) is 41.6 Å². The summed E-state index contributed by atoms with van der Waals surface area (Å²) in [5, 5.41) is 4.74. The number of pyridine rings is 2. The SMILES string of the molecule is Cc1ccc2ccc[c-]c2c1-c1ccccn1.[Ir].[c-]1ccccc1-c1nccc2ccccc12. The predicted octanol–water partition coefficient (Wildman–Crippen LogP) is 7.71. The molecule has 6 rings (SSSR count). The molecular formula is C31H22IrN2-2. The van der Waals surface area contributed by atoms with Gasteiger partial charge in [0.05, 0.1) is 0 Å². The van der Waals surface area contributed by atoms with E-state index in [-0.39, 0.29) is 20.1 Å². The molecule has 2 aromatic heterocycles. The quantitative estimate of drug-likeness (QED) is 0.187. The predicted molar refractivity (Wildman–Crippen MR) is 137 cm³/mol. The van der Waals surface area contributed by atoms with E-state index >= 15 is 0 Å². The molecular weight excluding hydrogens is 593 g/mol. The van der Waals surface area contributed by atoms with Crippen LogP contribution >= 0.6 is 0 Å². The van der Waals surface area contributed by atoms with Crippen molar-refractivity contribution in [2.45, 2.75) is 6.92 Å². The van der Waals surface area contributed by atoms with Gasteiger partial charge in [-0.1, -0.05) is 53.6 Å². The van der Waals surface area contributed by atoms with Crippen LogP contribution in [0.4, 0.5) is 0 Å². The summed E-state index contributed by atoms with van der Waals surface area (Å²) < 4.78 is 0. The first kappa shape index (κ1) is 23.5. The fraction of sp³-hybridized carbons (Fsp3) is 0.0323. The van der Waals surface area contributed by atoms with Crippen LogP contribution in [0.15, 0.2) is 116 Å². The molecule has 0 aliphatic heterocycles. The Bertz CT molecular complexity index is 1510. The molecule has 0 aliphatic carbocycles. The molecule has 0 unspecified atom stereocenters. The third-order valence-electron chi connectivity index (χ3n) is 5.60. The minimum Gasteiger partial charge on any atom is -0.304 e. The molecule has 167 valence electrons. The van der Waals surface area contributed by atoms with Crippen LogP contribution in [0.5, 0.6) is 0 Å². The van der Waals surface area contributed by atoms with Crippen LogP contribution in [0.3, 0.4) is 0 Å². The van der Waals surface area contributed by atoms with Crippen LogP contribution in [-0.2, 0) is 20.1 Å². The Morgan fingerprint density at radius 3 is 2.24 bits per heavy atom. The van der Waals surface area contributed by atoms with Crippen molar-refractivity contribution in [2.24, 2.45) is 0 Å². The number of nitrogens with zero attached hydrogens (tertiary/aromatic N) is 2. The molecule has 2 nitrogen and oxygen atoms in total. The van der Waals surface area contributed by atoms with Gasteiger partial charge in [0.2, 0.25) is 0 Å². The average Bonchev–Trinajstić information content (AvgIpc) is 2.90. The Balaban J connectivity index is 0.000000157. The zero-order chi connectivity index (χ0) is 22.5. The van der Waals surface area contributed by atoms with Crippen LogP contribution in [-0.4, -0.2) is 9.97 Å². The second-order valence-electron chi connectivity index (χ2n) is 7.76. The summed E-state index contributed by atoms with van der Waals surface area (Å²) in [6, 6.07) is 41.1. The van der Waals surface area contributed by atoms with Crippen LogP contribution in [0.25, 0.3) is 44.1 Å². The Kier molecular flexibility index (Phi) is 7.59. The van der Waals surface area contributed by atoms with Crippen LogP contribution in [0.1, 0.15) is 5.56 Å². The third kappa shape index (κ3) is 4.97. The standard InChI is InChI=1S/C16H12N.C15H10N.Ir/c1-12-9-10-13-6-2-3-7-14(13)16(12)15-8-4-5-11-17-15;1-2-7-13(8-3-1)15-14-9-5-4-6-12(14)10-11-16-15;/h2-6,8-11H,1H3;1-7,9-11H;/q2*-1;. The summed E-state index contributed by atoms with van der Waals surface area (Å²) in [4.78, 5) is 8.89. The van der Waals surface area contributed by atoms with Crippen LogP contribution in [0.2, 0.25) is 0 Å². The molecule has 0 aliphatic rings. The Morgan fingerprint density at radius 1 is 0.618 bits per heavy atom. The number of hydrogen-bond donors (Lipinski definition) is 0. The maximum Gasteiger partial charge on any atom is 0.0297 e. The van der Waals surface area contributed by atoms with Crippen LogP contribution < -0.4 is 0 Å². The first-order chi connectivity index (χ1) is 16.3. The van der Waals surface area contributed by atoms with Gasteiger partial charge in [-0.15, -0.1) is 70.9 Å². The van der Waals surface area contributed by atoms with Crippen LogP contribution in [0, 0.1) is 19.1 Å². The molecule has 1 radical (unpaired) electrons. The number of rotatable bonds is 2. The topological polar surface area (TPSA) is 25.8 Å². The smallest absolute Gasteiger partial charge is 0.0297 e. The van der Waals surface area contributed by atoms with Gasteiger partial charge in [-0.3, -0.25) is 4.98 Å². The van der Waals surface area contributed by atoms with Crippen molar-refractivity contribution in [1.29, 1.82) is 0 Å². The van der Waals surface area contributed by atoms with Crippen molar-refractivity contribution in [3.05, 3.63) is 133 Å². The van der Waals surface area contributed by atoms with Crippen molar-refractivity contribution < 1.29 is 20.1 Å². The number of benzene rings is 4. The zero-order valence-corrected chi connectivity index (χ0v) is 21.1. The first-order valence-corrected chi connectivity index (χ1v) is 10.9. The van der Waals surface area contributed by atoms with Crippen molar-refractivity contribution >= 4 is 21.5 Å². The van der Waals surface area contributed by atoms with Gasteiger partial charge in [0.1, 0.15) is 0 Å². The van der Waals surface area contributed by atoms with Gasteiger partial charge in [0.25, 0.3) is 0 Å². The van der Waals surface area contributed by atoms with Gasteiger partial charge in [-0.25, -0.2) is 0 Å². The first-order valence-electron chi connectivity index (χ1n) is 10.9. The van der Waals surface area contributed by atoms with E-state index in [1.54, 1.807) is 0 Å². The summed E-state index contributed by atoms with van der Waals surface area (Å²) in [5.41, 5.74) is 5.47. The summed E-state index contributed by atoms with van der Waals surface area (Å²) in [6.07, 6.45) is 3.68. The molecule has 4 aromatic carbocycles. The summed E-state index contributed by atoms with van der Waals surface area (Å²) in [7, 11) is 0. The van der Waals surface area contributed by atoms with E-state index in [1.165, 1.54) is 27.3 Å². The second-order valence-corrected chi connectivity index (χ2v) is 7.76. The molecule has 6 aromatic rings. The number of hydrogen-bond acceptors (Lipinski definition) is 2. The maximum atomic E-state index is 4.45. The number of fused-ring (bicyclic) bond motifs is 2. The Hall–Kier alpha value is -3.65. The molecule has 0 atom stereocenters. The molecule has 0 bridgehead atoms. The molecule has 3 heteroatoms. The Morgan fingerprint density at radius 2 is 1.41 bits per heavy atom. The van der Waals surface area contributed by atoms with Crippen molar-refractivity contribution in [3.63, 3.8) is 0 Å². The average molecular weight is 615 g/mol. The van der Waals surface area contributed by atoms with Gasteiger partial charge in [0.15, 0.2) is 0 Å². The van der Waals surface area contributed by atoms with E-state index in [4.69, 9.17) is 0 Å². The monoisotopic (exact) mass is 615 g/mol. The normalized spacial score (nSPS) is 10.3. The molecule has 0 saturated heterocycles. The molecule has 0 saturated carbocycles. The summed E-state index contributed by atoms with van der Waals surface area (Å²) in [6.45, 7) is 2.12. The molecule has 34 heavy (non-hydrogen) atoms. The van der Waals surface area contributed by atoms with Gasteiger partial charge < -0.3 is 4.98 Å². The molecule has 0 fully saturated rings. The van der Waals surface area contributed by atoms with E-state index in [1.807, 2.05) is 85.2 Å². The number of aromatic nitrogens is 2. The van der Waals surface area contributed by atoms with E-state index < -0.39 is 0 Å². The molecule has 2 heterocycles. The fourth-order valence-electron chi connectivity index (χ4n) is 4.02. The molecule has 0 N–H and O–H groups in total. The van der Waals surface area contributed by atoms with E-state index in [0.717, 1.165) is 22.3 Å². The number of aryl methyl sites for hydroxylation is 1. The van der Waals surface area contributed by atoms with Gasteiger partial charge in [0, 0.05) is 38.2 Å². The molecule has 0 spiro atoms. The maximum absolute atomic E-state index is 4.45. The minimum absolute atomic E-state index is 0. The van der Waals surface area contributed by atoms with Crippen molar-refractivity contribution in [2.75, 3.05) is 0 Å². The van der Waals surface area contributed by atoms with Gasteiger partial charge in [-0.2, -0.15) is 0 Å². The Labute approximate surface area is 213 Å². The fourth-order valence-corrected chi connectivity index (χ4v) is 4.02. The summed E-state index contributed by atoms with van der Waals surface area (Å²) in [5.74, 6) is 0. The van der Waals surface area contributed by atoms with E-state index in [2.05, 4.69) is 59.4 Å². The third-order valence-corrected chi connectivity index (χ3v) is 5.60. The molecule has 0 amide bonds. The van der Waals surface area contributed by atoms with Crippen molar-refractivity contribution in [1.82, 2.24) is 9.97 Å². The summed E-state index contributed by atoms with van der Waals surface area (Å²) >= 11 is 0. The van der Waals surface area contributed by atoms with E-state index in [0.29, 0.717) is 0 Å². The van der Waals surface area contributed by atoms with E-state index in [9.17, 15) is 0 Å². The van der Waals surface area contributed by atoms with Crippen molar-refractivity contribution in [3.8, 4) is 22.5 Å². The zero-order valence-electron chi connectivity index (χ0n) is 18.7.